The standard InChI is InChI=1S/C22H28N2O4/c1-4-21(25)23-17-13-12-16(3)18(15-17)24-22(26)11-8-14-28-20-10-7-6-9-19(20)27-5-2/h6-7,9-10,12-13,15H,4-5,8,11,14H2,1-3H3,(H,23,25)(H,24,26). The van der Waals surface area contributed by atoms with Crippen molar-refractivity contribution in [2.24, 2.45) is 0 Å². The number of benzene rings is 2. The quantitative estimate of drug-likeness (QED) is 0.590. The minimum absolute atomic E-state index is 0.0642. The van der Waals surface area contributed by atoms with Crippen LogP contribution in [0.5, 0.6) is 11.5 Å². The normalized spacial score (nSPS) is 10.2. The summed E-state index contributed by atoms with van der Waals surface area (Å²) in [5, 5.41) is 5.70. The van der Waals surface area contributed by atoms with Crippen LogP contribution in [0.2, 0.25) is 0 Å². The number of aryl methyl sites for hydroxylation is 1. The molecule has 0 bridgehead atoms. The van der Waals surface area contributed by atoms with Crippen molar-refractivity contribution < 1.29 is 19.1 Å². The van der Waals surface area contributed by atoms with Crippen LogP contribution in [0.15, 0.2) is 42.5 Å². The maximum Gasteiger partial charge on any atom is 0.224 e. The number of carbonyl (C=O) groups excluding carboxylic acids is 2. The third-order valence-electron chi connectivity index (χ3n) is 4.07. The summed E-state index contributed by atoms with van der Waals surface area (Å²) in [6, 6.07) is 13.0. The first-order chi connectivity index (χ1) is 13.5. The lowest BCUT2D eigenvalue weighted by atomic mass is 10.1. The lowest BCUT2D eigenvalue weighted by Gasteiger charge is -2.13. The van der Waals surface area contributed by atoms with E-state index in [1.54, 1.807) is 13.0 Å². The molecule has 6 nitrogen and oxygen atoms in total. The summed E-state index contributed by atoms with van der Waals surface area (Å²) in [6.45, 7) is 6.62. The molecule has 6 heteroatoms. The van der Waals surface area contributed by atoms with Gasteiger partial charge < -0.3 is 20.1 Å². The fourth-order valence-electron chi connectivity index (χ4n) is 2.56. The summed E-state index contributed by atoms with van der Waals surface area (Å²) in [6.07, 6.45) is 1.32. The lowest BCUT2D eigenvalue weighted by molar-refractivity contribution is -0.117. The van der Waals surface area contributed by atoms with Gasteiger partial charge >= 0.3 is 0 Å². The first-order valence-electron chi connectivity index (χ1n) is 9.58. The van der Waals surface area contributed by atoms with Crippen LogP contribution in [0.3, 0.4) is 0 Å². The Morgan fingerprint density at radius 3 is 2.32 bits per heavy atom. The van der Waals surface area contributed by atoms with Crippen LogP contribution < -0.4 is 20.1 Å². The zero-order chi connectivity index (χ0) is 20.4. The van der Waals surface area contributed by atoms with Crippen molar-refractivity contribution in [3.63, 3.8) is 0 Å². The highest BCUT2D eigenvalue weighted by Gasteiger charge is 2.08. The van der Waals surface area contributed by atoms with E-state index in [4.69, 9.17) is 9.47 Å². The minimum atomic E-state index is -0.0937. The van der Waals surface area contributed by atoms with E-state index < -0.39 is 0 Å². The number of rotatable bonds is 10. The highest BCUT2D eigenvalue weighted by Crippen LogP contribution is 2.26. The summed E-state index contributed by atoms with van der Waals surface area (Å²) in [5.74, 6) is 1.23. The van der Waals surface area contributed by atoms with Crippen LogP contribution in [-0.4, -0.2) is 25.0 Å². The maximum atomic E-state index is 12.3. The number of ether oxygens (including phenoxy) is 2. The van der Waals surface area contributed by atoms with Crippen molar-refractivity contribution in [1.82, 2.24) is 0 Å². The van der Waals surface area contributed by atoms with Gasteiger partial charge in [-0.1, -0.05) is 25.1 Å². The molecule has 150 valence electrons. The maximum absolute atomic E-state index is 12.3. The van der Waals surface area contributed by atoms with Gasteiger partial charge in [0.05, 0.1) is 13.2 Å². The average molecular weight is 384 g/mol. The van der Waals surface area contributed by atoms with Crippen molar-refractivity contribution in [3.05, 3.63) is 48.0 Å². The molecule has 28 heavy (non-hydrogen) atoms. The summed E-state index contributed by atoms with van der Waals surface area (Å²) in [5.41, 5.74) is 2.30. The molecule has 0 aromatic heterocycles. The third-order valence-corrected chi connectivity index (χ3v) is 4.07. The van der Waals surface area contributed by atoms with Crippen LogP contribution >= 0.6 is 0 Å². The second kappa shape index (κ2) is 11.0. The predicted octanol–water partition coefficient (Wildman–Crippen LogP) is 4.54. The molecule has 0 atom stereocenters. The SMILES string of the molecule is CCOc1ccccc1OCCCC(=O)Nc1cc(NC(=O)CC)ccc1C. The Labute approximate surface area is 166 Å². The van der Waals surface area contributed by atoms with Gasteiger partial charge in [0.25, 0.3) is 0 Å². The van der Waals surface area contributed by atoms with Crippen molar-refractivity contribution in [3.8, 4) is 11.5 Å². The number of para-hydroxylation sites is 2. The van der Waals surface area contributed by atoms with E-state index in [9.17, 15) is 9.59 Å². The third kappa shape index (κ3) is 6.61. The molecule has 2 rings (SSSR count). The number of amides is 2. The first kappa shape index (κ1) is 21.3. The molecule has 0 saturated heterocycles. The highest BCUT2D eigenvalue weighted by molar-refractivity contribution is 5.94. The molecule has 0 aliphatic carbocycles. The van der Waals surface area contributed by atoms with Gasteiger partial charge in [-0.2, -0.15) is 0 Å². The van der Waals surface area contributed by atoms with E-state index in [1.165, 1.54) is 0 Å². The molecule has 0 aliphatic heterocycles. The van der Waals surface area contributed by atoms with Crippen molar-refractivity contribution in [2.75, 3.05) is 23.8 Å². The van der Waals surface area contributed by atoms with Crippen molar-refractivity contribution in [1.29, 1.82) is 0 Å². The Morgan fingerprint density at radius 1 is 0.929 bits per heavy atom. The van der Waals surface area contributed by atoms with Crippen molar-refractivity contribution in [2.45, 2.75) is 40.0 Å². The summed E-state index contributed by atoms with van der Waals surface area (Å²) in [4.78, 5) is 23.8. The number of anilines is 2. The number of hydrogen-bond donors (Lipinski definition) is 2. The molecule has 0 saturated carbocycles. The molecule has 0 aliphatic rings. The fraction of sp³-hybridized carbons (Fsp3) is 0.364. The smallest absolute Gasteiger partial charge is 0.224 e. The Hall–Kier alpha value is -3.02. The Morgan fingerprint density at radius 2 is 1.64 bits per heavy atom. The first-order valence-corrected chi connectivity index (χ1v) is 9.58. The molecule has 0 unspecified atom stereocenters. The van der Waals surface area contributed by atoms with Crippen LogP contribution in [0.25, 0.3) is 0 Å². The molecule has 2 N–H and O–H groups in total. The van der Waals surface area contributed by atoms with Crippen LogP contribution in [-0.2, 0) is 9.59 Å². The highest BCUT2D eigenvalue weighted by atomic mass is 16.5. The van der Waals surface area contributed by atoms with E-state index >= 15 is 0 Å². The zero-order valence-corrected chi connectivity index (χ0v) is 16.7. The van der Waals surface area contributed by atoms with Crippen molar-refractivity contribution >= 4 is 23.2 Å². The van der Waals surface area contributed by atoms with Gasteiger partial charge in [-0.3, -0.25) is 9.59 Å². The van der Waals surface area contributed by atoms with Crippen LogP contribution in [0.4, 0.5) is 11.4 Å². The van der Waals surface area contributed by atoms with E-state index in [0.717, 1.165) is 5.56 Å². The molecular formula is C22H28N2O4. The van der Waals surface area contributed by atoms with E-state index in [0.29, 0.717) is 55.4 Å². The van der Waals surface area contributed by atoms with Gasteiger partial charge in [-0.05, 0) is 50.1 Å². The summed E-state index contributed by atoms with van der Waals surface area (Å²) >= 11 is 0. The van der Waals surface area contributed by atoms with Crippen LogP contribution in [0.1, 0.15) is 38.7 Å². The van der Waals surface area contributed by atoms with Crippen LogP contribution in [0, 0.1) is 6.92 Å². The average Bonchev–Trinajstić information content (AvgIpc) is 2.69. The van der Waals surface area contributed by atoms with E-state index in [1.807, 2.05) is 50.2 Å². The van der Waals surface area contributed by atoms with E-state index in [2.05, 4.69) is 10.6 Å². The zero-order valence-electron chi connectivity index (χ0n) is 16.7. The number of carbonyl (C=O) groups is 2. The molecular weight excluding hydrogens is 356 g/mol. The Balaban J connectivity index is 1.83. The molecule has 2 aromatic rings. The minimum Gasteiger partial charge on any atom is -0.490 e. The molecule has 2 aromatic carbocycles. The van der Waals surface area contributed by atoms with E-state index in [-0.39, 0.29) is 11.8 Å². The molecule has 2 amide bonds. The Kier molecular flexibility index (Phi) is 8.34. The van der Waals surface area contributed by atoms with Gasteiger partial charge in [-0.25, -0.2) is 0 Å². The summed E-state index contributed by atoms with van der Waals surface area (Å²) < 4.78 is 11.3. The predicted molar refractivity (Wildman–Crippen MR) is 111 cm³/mol. The number of hydrogen-bond acceptors (Lipinski definition) is 4. The van der Waals surface area contributed by atoms with Gasteiger partial charge in [-0.15, -0.1) is 0 Å². The van der Waals surface area contributed by atoms with Gasteiger partial charge in [0, 0.05) is 24.2 Å². The second-order valence-electron chi connectivity index (χ2n) is 6.31. The van der Waals surface area contributed by atoms with Gasteiger partial charge in [0.2, 0.25) is 11.8 Å². The Bertz CT molecular complexity index is 805. The summed E-state index contributed by atoms with van der Waals surface area (Å²) in [7, 11) is 0. The lowest BCUT2D eigenvalue weighted by Crippen LogP contribution is -2.15. The fourth-order valence-corrected chi connectivity index (χ4v) is 2.56. The van der Waals surface area contributed by atoms with Gasteiger partial charge in [0.1, 0.15) is 0 Å². The monoisotopic (exact) mass is 384 g/mol. The largest absolute Gasteiger partial charge is 0.490 e. The second-order valence-corrected chi connectivity index (χ2v) is 6.31. The number of nitrogens with one attached hydrogen (secondary N) is 2. The topological polar surface area (TPSA) is 76.7 Å². The van der Waals surface area contributed by atoms with Gasteiger partial charge in [0.15, 0.2) is 11.5 Å². The molecule has 0 fully saturated rings. The molecule has 0 spiro atoms. The molecule has 0 heterocycles. The molecule has 0 radical (unpaired) electrons.